The third kappa shape index (κ3) is 3.24. The van der Waals surface area contributed by atoms with Crippen LogP contribution in [-0.4, -0.2) is 20.6 Å². The Bertz CT molecular complexity index is 1170. The van der Waals surface area contributed by atoms with Gasteiger partial charge in [-0.3, -0.25) is 14.2 Å². The molecule has 7 heteroatoms. The third-order valence-corrected chi connectivity index (χ3v) is 6.25. The maximum atomic E-state index is 13.2. The van der Waals surface area contributed by atoms with Crippen molar-refractivity contribution in [2.45, 2.75) is 57.9 Å². The molecule has 1 fully saturated rings. The van der Waals surface area contributed by atoms with E-state index in [-0.39, 0.29) is 17.7 Å². The average Bonchev–Trinajstić information content (AvgIpc) is 3.34. The summed E-state index contributed by atoms with van der Waals surface area (Å²) in [4.78, 5) is 30.5. The van der Waals surface area contributed by atoms with Gasteiger partial charge in [0.1, 0.15) is 5.56 Å². The molecule has 2 aromatic heterocycles. The summed E-state index contributed by atoms with van der Waals surface area (Å²) in [5.74, 6) is 0.995. The van der Waals surface area contributed by atoms with Gasteiger partial charge >= 0.3 is 0 Å². The highest BCUT2D eigenvalue weighted by atomic mass is 16.5. The van der Waals surface area contributed by atoms with Crippen LogP contribution in [0.25, 0.3) is 5.69 Å². The minimum absolute atomic E-state index is 0.129. The number of hydrogen-bond acceptors (Lipinski definition) is 5. The Morgan fingerprint density at radius 3 is 2.90 bits per heavy atom. The topological polar surface area (TPSA) is 90.0 Å². The Hall–Kier alpha value is -3.22. The molecule has 1 saturated carbocycles. The van der Waals surface area contributed by atoms with Gasteiger partial charge in [0.25, 0.3) is 11.5 Å². The zero-order valence-corrected chi connectivity index (χ0v) is 17.0. The molecular formula is C23H24N4O3. The van der Waals surface area contributed by atoms with Crippen LogP contribution in [0.3, 0.4) is 0 Å². The van der Waals surface area contributed by atoms with E-state index in [0.29, 0.717) is 23.2 Å². The molecule has 1 N–H and O–H groups in total. The zero-order chi connectivity index (χ0) is 20.7. The molecule has 0 atom stereocenters. The summed E-state index contributed by atoms with van der Waals surface area (Å²) in [7, 11) is 0. The number of aryl methyl sites for hydroxylation is 2. The van der Waals surface area contributed by atoms with Crippen molar-refractivity contribution in [1.82, 2.24) is 20.0 Å². The predicted octanol–water partition coefficient (Wildman–Crippen LogP) is 3.22. The van der Waals surface area contributed by atoms with E-state index >= 15 is 0 Å². The first-order chi connectivity index (χ1) is 14.6. The number of fused-ring (bicyclic) bond motifs is 1. The number of amides is 1. The van der Waals surface area contributed by atoms with Crippen molar-refractivity contribution >= 4 is 5.91 Å². The molecule has 2 aliphatic rings. The smallest absolute Gasteiger partial charge is 0.268 e. The van der Waals surface area contributed by atoms with Crippen LogP contribution < -0.4 is 10.9 Å². The molecule has 0 unspecified atom stereocenters. The third-order valence-electron chi connectivity index (χ3n) is 6.25. The van der Waals surface area contributed by atoms with Gasteiger partial charge in [-0.25, -0.2) is 0 Å². The number of pyridine rings is 1. The van der Waals surface area contributed by atoms with Crippen LogP contribution in [0.1, 0.15) is 70.4 Å². The molecule has 5 rings (SSSR count). The zero-order valence-electron chi connectivity index (χ0n) is 17.0. The normalized spacial score (nSPS) is 15.6. The lowest BCUT2D eigenvalue weighted by atomic mass is 9.85. The molecule has 0 radical (unpaired) electrons. The first-order valence-electron chi connectivity index (χ1n) is 10.6. The quantitative estimate of drug-likeness (QED) is 0.705. The number of nitrogens with one attached hydrogen (secondary N) is 1. The summed E-state index contributed by atoms with van der Waals surface area (Å²) in [5.41, 5.74) is 3.83. The van der Waals surface area contributed by atoms with Gasteiger partial charge in [-0.15, -0.1) is 0 Å². The number of benzene rings is 1. The van der Waals surface area contributed by atoms with Gasteiger partial charge in [0.2, 0.25) is 5.89 Å². The summed E-state index contributed by atoms with van der Waals surface area (Å²) in [6.07, 6.45) is 8.16. The second kappa shape index (κ2) is 7.55. The first-order valence-corrected chi connectivity index (χ1v) is 10.6. The standard InChI is InChI=1S/C23H24N4O3/c1-14-11-12-27(18-10-4-6-15-5-3-9-17(15)18)23(29)20(14)21(28)24-13-19-25-22(30-26-19)16-7-2-8-16/h4,6,10-12,16H,2-3,5,7-9,13H2,1H3,(H,24,28). The molecule has 1 aromatic carbocycles. The Balaban J connectivity index is 1.40. The van der Waals surface area contributed by atoms with Crippen molar-refractivity contribution in [1.29, 1.82) is 0 Å². The number of rotatable bonds is 5. The molecule has 3 aromatic rings. The Labute approximate surface area is 174 Å². The van der Waals surface area contributed by atoms with E-state index in [1.165, 1.54) is 17.5 Å². The molecule has 7 nitrogen and oxygen atoms in total. The molecule has 0 spiro atoms. The van der Waals surface area contributed by atoms with Crippen LogP contribution in [-0.2, 0) is 19.4 Å². The monoisotopic (exact) mass is 404 g/mol. The molecule has 1 amide bonds. The molecule has 30 heavy (non-hydrogen) atoms. The van der Waals surface area contributed by atoms with Crippen LogP contribution in [0.5, 0.6) is 0 Å². The van der Waals surface area contributed by atoms with E-state index in [1.54, 1.807) is 17.7 Å². The molecule has 154 valence electrons. The highest BCUT2D eigenvalue weighted by molar-refractivity contribution is 5.95. The molecule has 0 saturated heterocycles. The first kappa shape index (κ1) is 18.8. The Morgan fingerprint density at radius 1 is 1.23 bits per heavy atom. The van der Waals surface area contributed by atoms with Crippen LogP contribution in [0.2, 0.25) is 0 Å². The average molecular weight is 404 g/mol. The van der Waals surface area contributed by atoms with Crippen molar-refractivity contribution in [2.75, 3.05) is 0 Å². The lowest BCUT2D eigenvalue weighted by molar-refractivity contribution is 0.0947. The van der Waals surface area contributed by atoms with E-state index in [2.05, 4.69) is 21.5 Å². The SMILES string of the molecule is Cc1ccn(-c2cccc3c2CCC3)c(=O)c1C(=O)NCc1noc(C2CCC2)n1. The predicted molar refractivity (Wildman–Crippen MR) is 111 cm³/mol. The van der Waals surface area contributed by atoms with Gasteiger partial charge in [-0.1, -0.05) is 23.7 Å². The number of nitrogens with zero attached hydrogens (tertiary/aromatic N) is 3. The molecule has 2 heterocycles. The lowest BCUT2D eigenvalue weighted by Gasteiger charge is -2.20. The van der Waals surface area contributed by atoms with Crippen LogP contribution in [0, 0.1) is 6.92 Å². The summed E-state index contributed by atoms with van der Waals surface area (Å²) >= 11 is 0. The minimum Gasteiger partial charge on any atom is -0.344 e. The van der Waals surface area contributed by atoms with Gasteiger partial charge in [0, 0.05) is 12.1 Å². The summed E-state index contributed by atoms with van der Waals surface area (Å²) in [6.45, 7) is 1.91. The van der Waals surface area contributed by atoms with Crippen LogP contribution in [0.4, 0.5) is 0 Å². The number of hydrogen-bond donors (Lipinski definition) is 1. The van der Waals surface area contributed by atoms with Crippen molar-refractivity contribution in [3.63, 3.8) is 0 Å². The maximum Gasteiger partial charge on any atom is 0.268 e. The molecule has 0 aliphatic heterocycles. The second-order valence-corrected chi connectivity index (χ2v) is 8.18. The highest BCUT2D eigenvalue weighted by Gasteiger charge is 2.26. The van der Waals surface area contributed by atoms with E-state index in [0.717, 1.165) is 37.8 Å². The minimum atomic E-state index is -0.422. The van der Waals surface area contributed by atoms with Gasteiger partial charge in [0.15, 0.2) is 5.82 Å². The fraction of sp³-hybridized carbons (Fsp3) is 0.391. The number of carbonyl (C=O) groups excluding carboxylic acids is 1. The lowest BCUT2D eigenvalue weighted by Crippen LogP contribution is -2.33. The summed E-state index contributed by atoms with van der Waals surface area (Å²) < 4.78 is 6.89. The van der Waals surface area contributed by atoms with Crippen molar-refractivity contribution in [3.8, 4) is 5.69 Å². The van der Waals surface area contributed by atoms with Gasteiger partial charge < -0.3 is 9.84 Å². The van der Waals surface area contributed by atoms with E-state index in [1.807, 2.05) is 18.2 Å². The fourth-order valence-corrected chi connectivity index (χ4v) is 4.33. The Morgan fingerprint density at radius 2 is 2.10 bits per heavy atom. The van der Waals surface area contributed by atoms with Crippen molar-refractivity contribution in [2.24, 2.45) is 0 Å². The van der Waals surface area contributed by atoms with E-state index < -0.39 is 5.91 Å². The largest absolute Gasteiger partial charge is 0.344 e. The van der Waals surface area contributed by atoms with Crippen LogP contribution >= 0.6 is 0 Å². The van der Waals surface area contributed by atoms with Gasteiger partial charge in [-0.2, -0.15) is 4.98 Å². The number of aromatic nitrogens is 3. The van der Waals surface area contributed by atoms with E-state index in [9.17, 15) is 9.59 Å². The summed E-state index contributed by atoms with van der Waals surface area (Å²) in [6, 6.07) is 7.85. The Kier molecular flexibility index (Phi) is 4.73. The molecule has 0 bridgehead atoms. The number of carbonyl (C=O) groups is 1. The highest BCUT2D eigenvalue weighted by Crippen LogP contribution is 2.35. The van der Waals surface area contributed by atoms with Crippen molar-refractivity contribution < 1.29 is 9.32 Å². The fourth-order valence-electron chi connectivity index (χ4n) is 4.33. The maximum absolute atomic E-state index is 13.2. The summed E-state index contributed by atoms with van der Waals surface area (Å²) in [5, 5.41) is 6.73. The van der Waals surface area contributed by atoms with Crippen LogP contribution in [0.15, 0.2) is 39.8 Å². The molecular weight excluding hydrogens is 380 g/mol. The van der Waals surface area contributed by atoms with Gasteiger partial charge in [-0.05, 0) is 67.9 Å². The van der Waals surface area contributed by atoms with E-state index in [4.69, 9.17) is 4.52 Å². The van der Waals surface area contributed by atoms with Gasteiger partial charge in [0.05, 0.1) is 12.2 Å². The molecule has 2 aliphatic carbocycles. The second-order valence-electron chi connectivity index (χ2n) is 8.18. The van der Waals surface area contributed by atoms with Crippen molar-refractivity contribution in [3.05, 3.63) is 74.8 Å².